The lowest BCUT2D eigenvalue weighted by Crippen LogP contribution is -2.30. The highest BCUT2D eigenvalue weighted by atomic mass is 16.6. The maximum Gasteiger partial charge on any atom is 0.306 e. The van der Waals surface area contributed by atoms with E-state index in [1.54, 1.807) is 0 Å². The smallest absolute Gasteiger partial charge is 0.306 e. The van der Waals surface area contributed by atoms with Crippen LogP contribution in [0.25, 0.3) is 0 Å². The fourth-order valence-electron chi connectivity index (χ4n) is 5.69. The molecule has 0 unspecified atom stereocenters. The van der Waals surface area contributed by atoms with Crippen LogP contribution in [0.15, 0.2) is 0 Å². The van der Waals surface area contributed by atoms with Gasteiger partial charge in [-0.05, 0) is 31.1 Å². The topological polar surface area (TPSA) is 78.9 Å². The van der Waals surface area contributed by atoms with E-state index in [2.05, 4.69) is 34.6 Å². The molecule has 0 aromatic rings. The molecule has 0 radical (unpaired) electrons. The van der Waals surface area contributed by atoms with Crippen LogP contribution in [0.4, 0.5) is 0 Å². The highest BCUT2D eigenvalue weighted by molar-refractivity contribution is 5.71. The monoisotopic (exact) mass is 653 g/mol. The van der Waals surface area contributed by atoms with Crippen molar-refractivity contribution >= 4 is 17.9 Å². The van der Waals surface area contributed by atoms with Gasteiger partial charge in [-0.25, -0.2) is 0 Å². The molecule has 6 heteroatoms. The van der Waals surface area contributed by atoms with E-state index in [0.29, 0.717) is 19.3 Å². The van der Waals surface area contributed by atoms with Gasteiger partial charge in [-0.2, -0.15) is 0 Å². The lowest BCUT2D eigenvalue weighted by molar-refractivity contribution is -0.167. The molecule has 0 aliphatic heterocycles. The van der Waals surface area contributed by atoms with Crippen molar-refractivity contribution in [1.82, 2.24) is 0 Å². The number of hydrogen-bond acceptors (Lipinski definition) is 6. The lowest BCUT2D eigenvalue weighted by Gasteiger charge is -2.18. The van der Waals surface area contributed by atoms with Gasteiger partial charge in [0.15, 0.2) is 6.10 Å². The third-order valence-corrected chi connectivity index (χ3v) is 8.72. The Bertz CT molecular complexity index is 704. The van der Waals surface area contributed by atoms with Crippen LogP contribution in [0.2, 0.25) is 0 Å². The summed E-state index contributed by atoms with van der Waals surface area (Å²) < 4.78 is 16.6. The van der Waals surface area contributed by atoms with Gasteiger partial charge < -0.3 is 14.2 Å². The number of rotatable bonds is 34. The molecular formula is C40H76O6. The van der Waals surface area contributed by atoms with Gasteiger partial charge in [0.1, 0.15) is 13.2 Å². The van der Waals surface area contributed by atoms with Gasteiger partial charge in [0.25, 0.3) is 0 Å². The zero-order chi connectivity index (χ0) is 34.1. The largest absolute Gasteiger partial charge is 0.462 e. The van der Waals surface area contributed by atoms with Crippen molar-refractivity contribution in [3.05, 3.63) is 0 Å². The Morgan fingerprint density at radius 3 is 1.07 bits per heavy atom. The molecule has 0 amide bonds. The quantitative estimate of drug-likeness (QED) is 0.0391. The summed E-state index contributed by atoms with van der Waals surface area (Å²) >= 11 is 0. The van der Waals surface area contributed by atoms with Crippen LogP contribution >= 0.6 is 0 Å². The van der Waals surface area contributed by atoms with Crippen LogP contribution in [0.5, 0.6) is 0 Å². The second-order valence-electron chi connectivity index (χ2n) is 14.5. The summed E-state index contributed by atoms with van der Waals surface area (Å²) in [6.45, 7) is 11.2. The van der Waals surface area contributed by atoms with Crippen molar-refractivity contribution in [3.8, 4) is 0 Å². The number of carbonyl (C=O) groups is 3. The van der Waals surface area contributed by atoms with Crippen LogP contribution in [0.3, 0.4) is 0 Å². The molecule has 0 heterocycles. The highest BCUT2D eigenvalue weighted by Gasteiger charge is 2.19. The minimum Gasteiger partial charge on any atom is -0.462 e. The molecule has 0 bridgehead atoms. The standard InChI is InChI=1S/C40H76O6/c1-6-7-8-9-10-11-14-20-25-30-38(41)44-33-37(46-40(43)32-27-22-17-16-19-24-29-36(4)5)34-45-39(42)31-26-21-15-12-13-18-23-28-35(2)3/h35-37H,6-34H2,1-5H3/t37-/m0/s1. The molecule has 0 spiro atoms. The number of esters is 3. The molecule has 0 aliphatic rings. The van der Waals surface area contributed by atoms with Crippen molar-refractivity contribution in [2.45, 2.75) is 214 Å². The molecule has 0 fully saturated rings. The van der Waals surface area contributed by atoms with Crippen LogP contribution in [-0.2, 0) is 28.6 Å². The summed E-state index contributed by atoms with van der Waals surface area (Å²) in [5, 5.41) is 0. The first kappa shape index (κ1) is 44.4. The van der Waals surface area contributed by atoms with E-state index in [0.717, 1.165) is 69.6 Å². The average molecular weight is 653 g/mol. The van der Waals surface area contributed by atoms with Crippen molar-refractivity contribution in [2.24, 2.45) is 11.8 Å². The van der Waals surface area contributed by atoms with E-state index >= 15 is 0 Å². The predicted molar refractivity (Wildman–Crippen MR) is 192 cm³/mol. The molecule has 46 heavy (non-hydrogen) atoms. The van der Waals surface area contributed by atoms with E-state index in [9.17, 15) is 14.4 Å². The molecule has 272 valence electrons. The SMILES string of the molecule is CCCCCCCCCCCC(=O)OC[C@@H](COC(=O)CCCCCCCCCC(C)C)OC(=O)CCCCCCCCC(C)C. The minimum absolute atomic E-state index is 0.0675. The molecule has 0 rings (SSSR count). The van der Waals surface area contributed by atoms with E-state index in [4.69, 9.17) is 14.2 Å². The molecule has 6 nitrogen and oxygen atoms in total. The summed E-state index contributed by atoms with van der Waals surface area (Å²) in [6.07, 6.45) is 28.3. The number of unbranched alkanes of at least 4 members (excludes halogenated alkanes) is 19. The number of carbonyl (C=O) groups excluding carboxylic acids is 3. The van der Waals surface area contributed by atoms with E-state index in [-0.39, 0.29) is 31.1 Å². The zero-order valence-electron chi connectivity index (χ0n) is 31.2. The molecule has 0 aromatic carbocycles. The Labute approximate surface area is 285 Å². The zero-order valence-corrected chi connectivity index (χ0v) is 31.2. The highest BCUT2D eigenvalue weighted by Crippen LogP contribution is 2.15. The van der Waals surface area contributed by atoms with Gasteiger partial charge in [-0.1, -0.05) is 169 Å². The minimum atomic E-state index is -0.759. The fraction of sp³-hybridized carbons (Fsp3) is 0.925. The van der Waals surface area contributed by atoms with Crippen LogP contribution in [0, 0.1) is 11.8 Å². The maximum absolute atomic E-state index is 12.6. The Hall–Kier alpha value is -1.59. The van der Waals surface area contributed by atoms with E-state index in [1.165, 1.54) is 96.3 Å². The molecule has 0 aromatic heterocycles. The molecule has 0 N–H and O–H groups in total. The van der Waals surface area contributed by atoms with Crippen molar-refractivity contribution in [1.29, 1.82) is 0 Å². The Morgan fingerprint density at radius 2 is 0.717 bits per heavy atom. The molecule has 0 saturated heterocycles. The van der Waals surface area contributed by atoms with Crippen molar-refractivity contribution < 1.29 is 28.6 Å². The van der Waals surface area contributed by atoms with Crippen molar-refractivity contribution in [3.63, 3.8) is 0 Å². The summed E-state index contributed by atoms with van der Waals surface area (Å²) in [7, 11) is 0. The van der Waals surface area contributed by atoms with Gasteiger partial charge in [-0.15, -0.1) is 0 Å². The second kappa shape index (κ2) is 33.3. The summed E-state index contributed by atoms with van der Waals surface area (Å²) in [5.41, 5.74) is 0. The third kappa shape index (κ3) is 33.8. The average Bonchev–Trinajstić information content (AvgIpc) is 3.01. The van der Waals surface area contributed by atoms with E-state index < -0.39 is 6.10 Å². The molecular weight excluding hydrogens is 576 g/mol. The first-order valence-corrected chi connectivity index (χ1v) is 19.7. The fourth-order valence-corrected chi connectivity index (χ4v) is 5.69. The van der Waals surface area contributed by atoms with Gasteiger partial charge in [-0.3, -0.25) is 14.4 Å². The molecule has 1 atom stereocenters. The van der Waals surface area contributed by atoms with Gasteiger partial charge in [0.2, 0.25) is 0 Å². The second-order valence-corrected chi connectivity index (χ2v) is 14.5. The molecule has 0 saturated carbocycles. The maximum atomic E-state index is 12.6. The van der Waals surface area contributed by atoms with Crippen molar-refractivity contribution in [2.75, 3.05) is 13.2 Å². The molecule has 0 aliphatic carbocycles. The van der Waals surface area contributed by atoms with E-state index in [1.807, 2.05) is 0 Å². The number of ether oxygens (including phenoxy) is 3. The van der Waals surface area contributed by atoms with Gasteiger partial charge in [0, 0.05) is 19.3 Å². The number of hydrogen-bond donors (Lipinski definition) is 0. The Morgan fingerprint density at radius 1 is 0.413 bits per heavy atom. The summed E-state index contributed by atoms with van der Waals surface area (Å²) in [4.78, 5) is 37.4. The van der Waals surface area contributed by atoms with Gasteiger partial charge >= 0.3 is 17.9 Å². The lowest BCUT2D eigenvalue weighted by atomic mass is 10.0. The third-order valence-electron chi connectivity index (χ3n) is 8.72. The first-order chi connectivity index (χ1) is 22.2. The normalized spacial score (nSPS) is 12.1. The first-order valence-electron chi connectivity index (χ1n) is 19.7. The Kier molecular flexibility index (Phi) is 32.2. The Balaban J connectivity index is 4.36. The van der Waals surface area contributed by atoms with Crippen LogP contribution < -0.4 is 0 Å². The van der Waals surface area contributed by atoms with Gasteiger partial charge in [0.05, 0.1) is 0 Å². The van der Waals surface area contributed by atoms with Crippen LogP contribution in [-0.4, -0.2) is 37.2 Å². The summed E-state index contributed by atoms with van der Waals surface area (Å²) in [5.74, 6) is 0.665. The predicted octanol–water partition coefficient (Wildman–Crippen LogP) is 11.8. The summed E-state index contributed by atoms with van der Waals surface area (Å²) in [6, 6.07) is 0. The van der Waals surface area contributed by atoms with Crippen LogP contribution in [0.1, 0.15) is 208 Å².